The normalized spacial score (nSPS) is 10.7. The van der Waals surface area contributed by atoms with Crippen LogP contribution in [0.4, 0.5) is 14.6 Å². The Labute approximate surface area is 110 Å². The molecular formula is C12H18F2N2OS. The van der Waals surface area contributed by atoms with Gasteiger partial charge in [0.1, 0.15) is 5.03 Å². The molecule has 0 saturated heterocycles. The molecule has 1 aromatic rings. The van der Waals surface area contributed by atoms with E-state index >= 15 is 0 Å². The van der Waals surface area contributed by atoms with Gasteiger partial charge < -0.3 is 10.1 Å². The maximum atomic E-state index is 13.5. The van der Waals surface area contributed by atoms with Crippen LogP contribution in [-0.4, -0.2) is 31.0 Å². The molecule has 0 spiro atoms. The van der Waals surface area contributed by atoms with Crippen molar-refractivity contribution in [1.82, 2.24) is 4.98 Å². The Hall–Kier alpha value is -0.880. The number of halogens is 2. The quantitative estimate of drug-likeness (QED) is 0.583. The van der Waals surface area contributed by atoms with Crippen molar-refractivity contribution >= 4 is 17.6 Å². The summed E-state index contributed by atoms with van der Waals surface area (Å²) in [5.74, 6) is -0.456. The number of methoxy groups -OCH3 is 1. The third kappa shape index (κ3) is 4.78. The Morgan fingerprint density at radius 2 is 2.17 bits per heavy atom. The van der Waals surface area contributed by atoms with Gasteiger partial charge in [0.2, 0.25) is 0 Å². The summed E-state index contributed by atoms with van der Waals surface area (Å²) in [6, 6.07) is 0.879. The number of rotatable bonds is 8. The van der Waals surface area contributed by atoms with Crippen LogP contribution in [-0.2, 0) is 4.74 Å². The largest absolute Gasteiger partial charge is 0.385 e. The number of hydrogen-bond donors (Lipinski definition) is 1. The van der Waals surface area contributed by atoms with E-state index in [-0.39, 0.29) is 10.8 Å². The Balaban J connectivity index is 2.65. The Bertz CT molecular complexity index is 377. The minimum absolute atomic E-state index is 0.118. The first-order valence-electron chi connectivity index (χ1n) is 5.90. The highest BCUT2D eigenvalue weighted by Gasteiger charge is 2.11. The highest BCUT2D eigenvalue weighted by molar-refractivity contribution is 7.99. The van der Waals surface area contributed by atoms with Crippen molar-refractivity contribution in [3.63, 3.8) is 0 Å². The molecule has 0 amide bonds. The van der Waals surface area contributed by atoms with E-state index in [1.807, 2.05) is 6.92 Å². The van der Waals surface area contributed by atoms with Gasteiger partial charge in [-0.25, -0.2) is 13.8 Å². The monoisotopic (exact) mass is 276 g/mol. The lowest BCUT2D eigenvalue weighted by Crippen LogP contribution is -2.06. The third-order valence-corrected chi connectivity index (χ3v) is 3.22. The molecule has 0 aliphatic rings. The molecule has 0 aliphatic heterocycles. The molecule has 1 heterocycles. The van der Waals surface area contributed by atoms with Gasteiger partial charge in [-0.1, -0.05) is 6.92 Å². The van der Waals surface area contributed by atoms with Crippen molar-refractivity contribution in [1.29, 1.82) is 0 Å². The van der Waals surface area contributed by atoms with Crippen LogP contribution in [0.5, 0.6) is 0 Å². The number of pyridine rings is 1. The van der Waals surface area contributed by atoms with E-state index in [1.165, 1.54) is 11.8 Å². The van der Waals surface area contributed by atoms with Crippen LogP contribution < -0.4 is 5.32 Å². The lowest BCUT2D eigenvalue weighted by molar-refractivity contribution is 0.200. The van der Waals surface area contributed by atoms with Crippen molar-refractivity contribution in [2.45, 2.75) is 24.8 Å². The summed E-state index contributed by atoms with van der Waals surface area (Å²) in [5, 5.41) is 3.07. The van der Waals surface area contributed by atoms with E-state index in [9.17, 15) is 8.78 Å². The zero-order valence-corrected chi connectivity index (χ0v) is 11.4. The van der Waals surface area contributed by atoms with E-state index in [2.05, 4.69) is 10.3 Å². The molecule has 3 nitrogen and oxygen atoms in total. The van der Waals surface area contributed by atoms with Gasteiger partial charge in [-0.2, -0.15) is 0 Å². The molecule has 1 aromatic heterocycles. The predicted molar refractivity (Wildman–Crippen MR) is 70.2 cm³/mol. The summed E-state index contributed by atoms with van der Waals surface area (Å²) in [5.41, 5.74) is 0. The highest BCUT2D eigenvalue weighted by Crippen LogP contribution is 2.24. The first-order chi connectivity index (χ1) is 8.69. The average Bonchev–Trinajstić information content (AvgIpc) is 2.35. The van der Waals surface area contributed by atoms with Gasteiger partial charge in [-0.3, -0.25) is 0 Å². The summed E-state index contributed by atoms with van der Waals surface area (Å²) in [4.78, 5) is 3.97. The molecule has 0 aliphatic carbocycles. The fourth-order valence-electron chi connectivity index (χ4n) is 1.29. The van der Waals surface area contributed by atoms with Gasteiger partial charge in [-0.05, 0) is 12.8 Å². The minimum Gasteiger partial charge on any atom is -0.385 e. The number of nitrogens with one attached hydrogen (secondary N) is 1. The third-order valence-electron chi connectivity index (χ3n) is 2.17. The van der Waals surface area contributed by atoms with Gasteiger partial charge in [0.05, 0.1) is 0 Å². The second-order valence-corrected chi connectivity index (χ2v) is 4.81. The summed E-state index contributed by atoms with van der Waals surface area (Å²) in [7, 11) is 1.62. The van der Waals surface area contributed by atoms with Crippen molar-refractivity contribution < 1.29 is 13.5 Å². The Kier molecular flexibility index (Phi) is 6.97. The van der Waals surface area contributed by atoms with Crippen LogP contribution in [0.25, 0.3) is 0 Å². The first-order valence-corrected chi connectivity index (χ1v) is 6.89. The summed E-state index contributed by atoms with van der Waals surface area (Å²) < 4.78 is 31.8. The molecule has 102 valence electrons. The number of ether oxygens (including phenoxy) is 1. The molecule has 0 radical (unpaired) electrons. The summed E-state index contributed by atoms with van der Waals surface area (Å²) in [6.07, 6.45) is 1.66. The fourth-order valence-corrected chi connectivity index (χ4v) is 2.10. The Morgan fingerprint density at radius 3 is 2.83 bits per heavy atom. The molecule has 6 heteroatoms. The lowest BCUT2D eigenvalue weighted by Gasteiger charge is -2.08. The molecule has 18 heavy (non-hydrogen) atoms. The van der Waals surface area contributed by atoms with E-state index in [1.54, 1.807) is 7.11 Å². The summed E-state index contributed by atoms with van der Waals surface area (Å²) >= 11 is 1.27. The van der Waals surface area contributed by atoms with Crippen molar-refractivity contribution in [3.05, 3.63) is 17.7 Å². The van der Waals surface area contributed by atoms with E-state index in [0.717, 1.165) is 18.9 Å². The first kappa shape index (κ1) is 15.2. The molecular weight excluding hydrogens is 258 g/mol. The maximum absolute atomic E-state index is 13.5. The minimum atomic E-state index is -0.651. The van der Waals surface area contributed by atoms with Gasteiger partial charge >= 0.3 is 0 Å². The van der Waals surface area contributed by atoms with E-state index in [0.29, 0.717) is 18.9 Å². The zero-order valence-electron chi connectivity index (χ0n) is 10.6. The van der Waals surface area contributed by atoms with Crippen molar-refractivity contribution in [3.8, 4) is 0 Å². The van der Waals surface area contributed by atoms with Gasteiger partial charge in [0, 0.05) is 32.1 Å². The molecule has 0 unspecified atom stereocenters. The molecule has 0 atom stereocenters. The van der Waals surface area contributed by atoms with Crippen LogP contribution in [0.3, 0.4) is 0 Å². The van der Waals surface area contributed by atoms with Crippen LogP contribution in [0.1, 0.15) is 19.8 Å². The topological polar surface area (TPSA) is 34.2 Å². The lowest BCUT2D eigenvalue weighted by atomic mass is 10.4. The standard InChI is InChI=1S/C12H18F2N2OS/c1-3-5-15-11-9(13)8-10(14)12(16-11)18-7-4-6-17-2/h8H,3-7H2,1-2H3,(H,15,16). The molecule has 0 saturated carbocycles. The number of nitrogens with zero attached hydrogens (tertiary/aromatic N) is 1. The number of thioether (sulfide) groups is 1. The van der Waals surface area contributed by atoms with Crippen molar-refractivity contribution in [2.24, 2.45) is 0 Å². The number of hydrogen-bond acceptors (Lipinski definition) is 4. The van der Waals surface area contributed by atoms with E-state index in [4.69, 9.17) is 4.74 Å². The fraction of sp³-hybridized carbons (Fsp3) is 0.583. The van der Waals surface area contributed by atoms with Gasteiger partial charge in [0.25, 0.3) is 0 Å². The molecule has 1 rings (SSSR count). The predicted octanol–water partition coefficient (Wildman–Crippen LogP) is 3.31. The van der Waals surface area contributed by atoms with Crippen LogP contribution >= 0.6 is 11.8 Å². The maximum Gasteiger partial charge on any atom is 0.168 e. The summed E-state index contributed by atoms with van der Waals surface area (Å²) in [6.45, 7) is 3.20. The second kappa shape index (κ2) is 8.26. The molecule has 0 aromatic carbocycles. The second-order valence-electron chi connectivity index (χ2n) is 3.73. The molecule has 0 bridgehead atoms. The van der Waals surface area contributed by atoms with Crippen molar-refractivity contribution in [2.75, 3.05) is 31.3 Å². The smallest absolute Gasteiger partial charge is 0.168 e. The van der Waals surface area contributed by atoms with Gasteiger partial charge in [0.15, 0.2) is 17.5 Å². The SMILES string of the molecule is CCCNc1nc(SCCCOC)c(F)cc1F. The number of anilines is 1. The van der Waals surface area contributed by atoms with E-state index < -0.39 is 11.6 Å². The van der Waals surface area contributed by atoms with Crippen LogP contribution in [0.15, 0.2) is 11.1 Å². The molecule has 1 N–H and O–H groups in total. The Morgan fingerprint density at radius 1 is 1.39 bits per heavy atom. The number of aromatic nitrogens is 1. The molecule has 0 fully saturated rings. The average molecular weight is 276 g/mol. The van der Waals surface area contributed by atoms with Crippen LogP contribution in [0.2, 0.25) is 0 Å². The van der Waals surface area contributed by atoms with Gasteiger partial charge in [-0.15, -0.1) is 11.8 Å². The zero-order chi connectivity index (χ0) is 13.4. The highest BCUT2D eigenvalue weighted by atomic mass is 32.2. The van der Waals surface area contributed by atoms with Crippen LogP contribution in [0, 0.1) is 11.6 Å².